The van der Waals surface area contributed by atoms with Crippen LogP contribution in [0.25, 0.3) is 0 Å². The number of carbonyl (C=O) groups excluding carboxylic acids is 2. The van der Waals surface area contributed by atoms with Crippen molar-refractivity contribution in [3.8, 4) is 11.5 Å². The number of aliphatic hydroxyl groups excluding tert-OH is 1. The van der Waals surface area contributed by atoms with Crippen LogP contribution in [0.4, 0.5) is 10.5 Å². The number of esters is 1. The number of hydrogen-bond acceptors (Lipinski definition) is 8. The van der Waals surface area contributed by atoms with E-state index in [0.717, 1.165) is 0 Å². The lowest BCUT2D eigenvalue weighted by molar-refractivity contribution is -0.138. The third kappa shape index (κ3) is 8.01. The Balaban J connectivity index is 2.35. The molecule has 0 spiro atoms. The van der Waals surface area contributed by atoms with Gasteiger partial charge < -0.3 is 28.8 Å². The van der Waals surface area contributed by atoms with Gasteiger partial charge in [0.25, 0.3) is 0 Å². The molecule has 0 heterocycles. The van der Waals surface area contributed by atoms with E-state index in [1.165, 1.54) is 7.11 Å². The monoisotopic (exact) mass is 487 g/mol. The molecule has 2 aromatic carbocycles. The van der Waals surface area contributed by atoms with E-state index in [0.29, 0.717) is 33.9 Å². The zero-order chi connectivity index (χ0) is 25.8. The molecule has 0 radical (unpaired) electrons. The van der Waals surface area contributed by atoms with E-state index in [-0.39, 0.29) is 19.8 Å². The number of nitrogens with one attached hydrogen (secondary N) is 1. The number of carbonyl (C=O) groups is 2. The summed E-state index contributed by atoms with van der Waals surface area (Å²) >= 11 is 0. The molecule has 9 heteroatoms. The number of anilines is 1. The maximum Gasteiger partial charge on any atom is 0.412 e. The first kappa shape index (κ1) is 27.7. The van der Waals surface area contributed by atoms with Gasteiger partial charge in [0.15, 0.2) is 6.10 Å². The molecule has 2 aromatic rings. The van der Waals surface area contributed by atoms with Crippen molar-refractivity contribution in [3.05, 3.63) is 65.2 Å². The molecule has 0 aliphatic heterocycles. The zero-order valence-corrected chi connectivity index (χ0v) is 20.7. The Bertz CT molecular complexity index is 985. The molecule has 0 saturated heterocycles. The maximum atomic E-state index is 12.8. The van der Waals surface area contributed by atoms with Crippen molar-refractivity contribution in [3.63, 3.8) is 0 Å². The van der Waals surface area contributed by atoms with Gasteiger partial charge in [-0.15, -0.1) is 0 Å². The lowest BCUT2D eigenvalue weighted by Crippen LogP contribution is -2.30. The molecule has 2 N–H and O–H groups in total. The van der Waals surface area contributed by atoms with E-state index in [1.54, 1.807) is 76.4 Å². The van der Waals surface area contributed by atoms with E-state index in [2.05, 4.69) is 5.32 Å². The lowest BCUT2D eigenvalue weighted by Gasteiger charge is -2.28. The maximum absolute atomic E-state index is 12.8. The standard InChI is InChI=1S/C26H33NO8/c1-6-33-25(29)18(3)17(2)23(32-5)24(19-7-11-22(12-8-19)34-16-15-28)35-26(30)27-20-9-13-21(31-4)14-10-20/h7-14,23-24,28H,6,15-16H2,1-5H3,(H,27,30)/b18-17+/t23-,24-/m1/s1. The Morgan fingerprint density at radius 3 is 2.14 bits per heavy atom. The Hall–Kier alpha value is -3.56. The minimum atomic E-state index is -0.894. The average molecular weight is 488 g/mol. The molecule has 2 atom stereocenters. The molecule has 0 saturated carbocycles. The van der Waals surface area contributed by atoms with Gasteiger partial charge in [0, 0.05) is 18.4 Å². The zero-order valence-electron chi connectivity index (χ0n) is 20.7. The van der Waals surface area contributed by atoms with Crippen molar-refractivity contribution in [2.24, 2.45) is 0 Å². The molecular formula is C26H33NO8. The Kier molecular flexibility index (Phi) is 11.1. The lowest BCUT2D eigenvalue weighted by atomic mass is 9.95. The minimum absolute atomic E-state index is 0.109. The van der Waals surface area contributed by atoms with Gasteiger partial charge in [0.2, 0.25) is 0 Å². The highest BCUT2D eigenvalue weighted by Gasteiger charge is 2.31. The van der Waals surface area contributed by atoms with Crippen molar-refractivity contribution < 1.29 is 38.4 Å². The second-order valence-corrected chi connectivity index (χ2v) is 7.51. The van der Waals surface area contributed by atoms with E-state index in [4.69, 9.17) is 28.8 Å². The number of methoxy groups -OCH3 is 2. The topological polar surface area (TPSA) is 113 Å². The molecule has 0 aliphatic carbocycles. The van der Waals surface area contributed by atoms with Crippen LogP contribution in [-0.4, -0.2) is 57.3 Å². The molecule has 1 amide bonds. The quantitative estimate of drug-likeness (QED) is 0.337. The minimum Gasteiger partial charge on any atom is -0.497 e. The van der Waals surface area contributed by atoms with Gasteiger partial charge in [-0.3, -0.25) is 5.32 Å². The molecule has 35 heavy (non-hydrogen) atoms. The van der Waals surface area contributed by atoms with Crippen LogP contribution in [0.1, 0.15) is 32.4 Å². The number of amides is 1. The first-order chi connectivity index (χ1) is 16.8. The van der Waals surface area contributed by atoms with E-state index in [1.807, 2.05) is 0 Å². The summed E-state index contributed by atoms with van der Waals surface area (Å²) in [5.74, 6) is 0.731. The van der Waals surface area contributed by atoms with Crippen molar-refractivity contribution in [1.29, 1.82) is 0 Å². The second kappa shape index (κ2) is 14.0. The number of aliphatic hydroxyl groups is 1. The Morgan fingerprint density at radius 2 is 1.60 bits per heavy atom. The first-order valence-electron chi connectivity index (χ1n) is 11.2. The summed E-state index contributed by atoms with van der Waals surface area (Å²) in [6.07, 6.45) is -2.37. The first-order valence-corrected chi connectivity index (χ1v) is 11.2. The van der Waals surface area contributed by atoms with E-state index in [9.17, 15) is 9.59 Å². The smallest absolute Gasteiger partial charge is 0.412 e. The van der Waals surface area contributed by atoms with Gasteiger partial charge in [-0.25, -0.2) is 9.59 Å². The average Bonchev–Trinajstić information content (AvgIpc) is 2.87. The summed E-state index contributed by atoms with van der Waals surface area (Å²) in [6, 6.07) is 13.7. The van der Waals surface area contributed by atoms with E-state index < -0.39 is 24.3 Å². The molecule has 0 aliphatic rings. The number of ether oxygens (including phenoxy) is 5. The van der Waals surface area contributed by atoms with Crippen LogP contribution in [0.2, 0.25) is 0 Å². The summed E-state index contributed by atoms with van der Waals surface area (Å²) in [4.78, 5) is 25.1. The summed E-state index contributed by atoms with van der Waals surface area (Å²) < 4.78 is 27.2. The molecule has 0 fully saturated rings. The Morgan fingerprint density at radius 1 is 0.971 bits per heavy atom. The van der Waals surface area contributed by atoms with Crippen molar-refractivity contribution in [2.45, 2.75) is 33.0 Å². The van der Waals surface area contributed by atoms with Gasteiger partial charge in [-0.1, -0.05) is 12.1 Å². The van der Waals surface area contributed by atoms with Gasteiger partial charge in [0.1, 0.15) is 24.2 Å². The summed E-state index contributed by atoms with van der Waals surface area (Å²) in [5.41, 5.74) is 2.07. The summed E-state index contributed by atoms with van der Waals surface area (Å²) in [5, 5.41) is 11.7. The fourth-order valence-electron chi connectivity index (χ4n) is 3.30. The number of hydrogen-bond donors (Lipinski definition) is 2. The van der Waals surface area contributed by atoms with Crippen molar-refractivity contribution >= 4 is 17.7 Å². The fraction of sp³-hybridized carbons (Fsp3) is 0.385. The highest BCUT2D eigenvalue weighted by molar-refractivity contribution is 5.89. The van der Waals surface area contributed by atoms with Gasteiger partial charge in [-0.05, 0) is 68.3 Å². The van der Waals surface area contributed by atoms with Crippen LogP contribution >= 0.6 is 0 Å². The SMILES string of the molecule is CCOC(=O)/C(C)=C(\C)[C@@H](OC)[C@H](OC(=O)Nc1ccc(OC)cc1)c1ccc(OCCO)cc1. The van der Waals surface area contributed by atoms with E-state index >= 15 is 0 Å². The molecule has 2 rings (SSSR count). The molecule has 190 valence electrons. The molecular weight excluding hydrogens is 454 g/mol. The van der Waals surface area contributed by atoms with Gasteiger partial charge in [-0.2, -0.15) is 0 Å². The third-order valence-corrected chi connectivity index (χ3v) is 5.27. The Labute approximate surface area is 205 Å². The predicted molar refractivity (Wildman–Crippen MR) is 131 cm³/mol. The van der Waals surface area contributed by atoms with Crippen LogP contribution in [0, 0.1) is 0 Å². The van der Waals surface area contributed by atoms with Crippen LogP contribution in [-0.2, 0) is 19.0 Å². The number of rotatable bonds is 12. The normalized spacial score (nSPS) is 13.2. The molecule has 9 nitrogen and oxygen atoms in total. The molecule has 0 bridgehead atoms. The predicted octanol–water partition coefficient (Wildman–Crippen LogP) is 4.27. The van der Waals surface area contributed by atoms with Crippen LogP contribution in [0.3, 0.4) is 0 Å². The molecule has 0 unspecified atom stereocenters. The van der Waals surface area contributed by atoms with Crippen molar-refractivity contribution in [1.82, 2.24) is 0 Å². The second-order valence-electron chi connectivity index (χ2n) is 7.51. The highest BCUT2D eigenvalue weighted by atomic mass is 16.6. The van der Waals surface area contributed by atoms with Crippen LogP contribution in [0.15, 0.2) is 59.7 Å². The number of benzene rings is 2. The fourth-order valence-corrected chi connectivity index (χ4v) is 3.30. The van der Waals surface area contributed by atoms with Gasteiger partial charge in [0.05, 0.1) is 20.3 Å². The third-order valence-electron chi connectivity index (χ3n) is 5.27. The summed E-state index contributed by atoms with van der Waals surface area (Å²) in [6.45, 7) is 5.38. The van der Waals surface area contributed by atoms with Crippen LogP contribution in [0.5, 0.6) is 11.5 Å². The molecule has 0 aromatic heterocycles. The van der Waals surface area contributed by atoms with Crippen LogP contribution < -0.4 is 14.8 Å². The highest BCUT2D eigenvalue weighted by Crippen LogP contribution is 2.31. The largest absolute Gasteiger partial charge is 0.497 e. The van der Waals surface area contributed by atoms with Gasteiger partial charge >= 0.3 is 12.1 Å². The summed E-state index contributed by atoms with van der Waals surface area (Å²) in [7, 11) is 3.03. The van der Waals surface area contributed by atoms with Crippen molar-refractivity contribution in [2.75, 3.05) is 39.4 Å².